The van der Waals surface area contributed by atoms with Crippen molar-refractivity contribution in [3.8, 4) is 17.2 Å². The predicted octanol–water partition coefficient (Wildman–Crippen LogP) is 3.94. The Morgan fingerprint density at radius 2 is 1.74 bits per heavy atom. The van der Waals surface area contributed by atoms with Gasteiger partial charge in [0.05, 0.1) is 0 Å². The van der Waals surface area contributed by atoms with Gasteiger partial charge in [-0.1, -0.05) is 22.9 Å². The first kappa shape index (κ1) is 19.2. The second-order valence-electron chi connectivity index (χ2n) is 5.84. The van der Waals surface area contributed by atoms with Crippen molar-refractivity contribution in [1.82, 2.24) is 0 Å². The highest BCUT2D eigenvalue weighted by Crippen LogP contribution is 2.35. The monoisotopic (exact) mass is 434 g/mol. The Labute approximate surface area is 165 Å². The number of fused-ring (bicyclic) bond motifs is 1. The van der Waals surface area contributed by atoms with Crippen molar-refractivity contribution in [3.05, 3.63) is 52.0 Å². The summed E-state index contributed by atoms with van der Waals surface area (Å²) in [6.45, 7) is 2.68. The van der Waals surface area contributed by atoms with E-state index >= 15 is 0 Å². The average molecular weight is 435 g/mol. The van der Waals surface area contributed by atoms with Crippen LogP contribution in [0.15, 0.2) is 40.9 Å². The van der Waals surface area contributed by atoms with Gasteiger partial charge in [0.25, 0.3) is 0 Å². The van der Waals surface area contributed by atoms with Crippen molar-refractivity contribution in [3.63, 3.8) is 0 Å². The van der Waals surface area contributed by atoms with Gasteiger partial charge in [0.2, 0.25) is 0 Å². The molecule has 0 aromatic heterocycles. The molecule has 142 valence electrons. The Kier molecular flexibility index (Phi) is 6.34. The fourth-order valence-corrected chi connectivity index (χ4v) is 2.94. The molecule has 2 aromatic carbocycles. The van der Waals surface area contributed by atoms with Gasteiger partial charge in [-0.3, -0.25) is 4.79 Å². The summed E-state index contributed by atoms with van der Waals surface area (Å²) in [6.07, 6.45) is 0.446. The molecule has 1 aliphatic heterocycles. The minimum Gasteiger partial charge on any atom is -0.486 e. The summed E-state index contributed by atoms with van der Waals surface area (Å²) in [6, 6.07) is 10.3. The maximum Gasteiger partial charge on any atom is 0.344 e. The maximum atomic E-state index is 11.9. The van der Waals surface area contributed by atoms with Crippen LogP contribution in [0.25, 0.3) is 0 Å². The minimum absolute atomic E-state index is 0.0611. The molecule has 1 heterocycles. The van der Waals surface area contributed by atoms with E-state index in [1.807, 2.05) is 6.92 Å². The Hall–Kier alpha value is -2.54. The van der Waals surface area contributed by atoms with E-state index in [0.717, 1.165) is 10.0 Å². The van der Waals surface area contributed by atoms with Gasteiger partial charge in [0, 0.05) is 22.0 Å². The quantitative estimate of drug-likeness (QED) is 0.485. The van der Waals surface area contributed by atoms with Crippen LogP contribution in [0.5, 0.6) is 17.2 Å². The lowest BCUT2D eigenvalue weighted by Crippen LogP contribution is -2.17. The molecule has 3 rings (SSSR count). The first-order valence-corrected chi connectivity index (χ1v) is 9.36. The topological polar surface area (TPSA) is 71.1 Å². The molecule has 0 saturated carbocycles. The third-order valence-electron chi connectivity index (χ3n) is 3.95. The van der Waals surface area contributed by atoms with Crippen molar-refractivity contribution in [2.75, 3.05) is 19.8 Å². The Morgan fingerprint density at radius 3 is 2.41 bits per heavy atom. The van der Waals surface area contributed by atoms with E-state index in [9.17, 15) is 9.59 Å². The van der Waals surface area contributed by atoms with E-state index < -0.39 is 5.97 Å². The number of benzene rings is 2. The summed E-state index contributed by atoms with van der Waals surface area (Å²) in [4.78, 5) is 23.5. The van der Waals surface area contributed by atoms with Crippen LogP contribution >= 0.6 is 15.9 Å². The molecule has 0 saturated heterocycles. The molecule has 0 spiro atoms. The standard InChI is InChI=1S/C20H19BrO6/c1-2-17(22)13-3-5-15(6-4-13)26-12-20(23)27-11-14-9-18-19(10-16(14)21)25-8-7-24-18/h3-6,9-10H,2,7-8,11-12H2,1H3. The van der Waals surface area contributed by atoms with Crippen molar-refractivity contribution in [2.24, 2.45) is 0 Å². The highest BCUT2D eigenvalue weighted by atomic mass is 79.9. The van der Waals surface area contributed by atoms with Crippen LogP contribution in [0.3, 0.4) is 0 Å². The summed E-state index contributed by atoms with van der Waals surface area (Å²) in [7, 11) is 0. The molecule has 27 heavy (non-hydrogen) atoms. The molecular weight excluding hydrogens is 416 g/mol. The third kappa shape index (κ3) is 5.01. The molecule has 0 atom stereocenters. The first-order chi connectivity index (χ1) is 13.1. The molecule has 0 fully saturated rings. The van der Waals surface area contributed by atoms with Gasteiger partial charge in [0.1, 0.15) is 25.6 Å². The largest absolute Gasteiger partial charge is 0.486 e. The summed E-state index contributed by atoms with van der Waals surface area (Å²) >= 11 is 3.44. The van der Waals surface area contributed by atoms with Crippen LogP contribution < -0.4 is 14.2 Å². The van der Waals surface area contributed by atoms with E-state index in [1.165, 1.54) is 0 Å². The lowest BCUT2D eigenvalue weighted by Gasteiger charge is -2.19. The SMILES string of the molecule is CCC(=O)c1ccc(OCC(=O)OCc2cc3c(cc2Br)OCCO3)cc1. The van der Waals surface area contributed by atoms with Crippen LogP contribution in [-0.4, -0.2) is 31.6 Å². The van der Waals surface area contributed by atoms with Crippen LogP contribution in [0.4, 0.5) is 0 Å². The molecule has 0 bridgehead atoms. The van der Waals surface area contributed by atoms with Crippen molar-refractivity contribution < 1.29 is 28.5 Å². The molecule has 2 aromatic rings. The van der Waals surface area contributed by atoms with Crippen molar-refractivity contribution in [1.29, 1.82) is 0 Å². The van der Waals surface area contributed by atoms with E-state index in [1.54, 1.807) is 36.4 Å². The molecule has 0 aliphatic carbocycles. The average Bonchev–Trinajstić information content (AvgIpc) is 2.70. The van der Waals surface area contributed by atoms with Crippen molar-refractivity contribution >= 4 is 27.7 Å². The first-order valence-electron chi connectivity index (χ1n) is 8.56. The van der Waals surface area contributed by atoms with E-state index in [2.05, 4.69) is 15.9 Å². The molecule has 0 radical (unpaired) electrons. The number of ether oxygens (including phenoxy) is 4. The van der Waals surface area contributed by atoms with Crippen molar-refractivity contribution in [2.45, 2.75) is 20.0 Å². The highest BCUT2D eigenvalue weighted by molar-refractivity contribution is 9.10. The van der Waals surface area contributed by atoms with Gasteiger partial charge in [-0.05, 0) is 36.4 Å². The number of halogens is 1. The van der Waals surface area contributed by atoms with Gasteiger partial charge in [0.15, 0.2) is 23.9 Å². The van der Waals surface area contributed by atoms with Gasteiger partial charge >= 0.3 is 5.97 Å². The predicted molar refractivity (Wildman–Crippen MR) is 101 cm³/mol. The van der Waals surface area contributed by atoms with Gasteiger partial charge in [-0.25, -0.2) is 4.79 Å². The Morgan fingerprint density at radius 1 is 1.07 bits per heavy atom. The maximum absolute atomic E-state index is 11.9. The summed E-state index contributed by atoms with van der Waals surface area (Å²) in [5.74, 6) is 1.36. The van der Waals surface area contributed by atoms with Gasteiger partial charge in [-0.15, -0.1) is 0 Å². The minimum atomic E-state index is -0.495. The zero-order valence-corrected chi connectivity index (χ0v) is 16.4. The lowest BCUT2D eigenvalue weighted by molar-refractivity contribution is -0.147. The molecular formula is C20H19BrO6. The van der Waals surface area contributed by atoms with Crippen LogP contribution in [0, 0.1) is 0 Å². The van der Waals surface area contributed by atoms with Crippen LogP contribution in [0.1, 0.15) is 29.3 Å². The number of rotatable bonds is 7. The number of esters is 1. The normalized spacial score (nSPS) is 12.4. The second-order valence-corrected chi connectivity index (χ2v) is 6.69. The number of hydrogen-bond donors (Lipinski definition) is 0. The fourth-order valence-electron chi connectivity index (χ4n) is 2.50. The number of ketones is 1. The molecule has 1 aliphatic rings. The van der Waals surface area contributed by atoms with Gasteiger partial charge in [-0.2, -0.15) is 0 Å². The van der Waals surface area contributed by atoms with Crippen LogP contribution in [0.2, 0.25) is 0 Å². The van der Waals surface area contributed by atoms with E-state index in [4.69, 9.17) is 18.9 Å². The Balaban J connectivity index is 1.50. The molecule has 6 nitrogen and oxygen atoms in total. The molecule has 7 heteroatoms. The number of carbonyl (C=O) groups is 2. The molecule has 0 amide bonds. The van der Waals surface area contributed by atoms with Crippen LogP contribution in [-0.2, 0) is 16.1 Å². The van der Waals surface area contributed by atoms with E-state index in [0.29, 0.717) is 42.4 Å². The fraction of sp³-hybridized carbons (Fsp3) is 0.300. The van der Waals surface area contributed by atoms with E-state index in [-0.39, 0.29) is 19.0 Å². The summed E-state index contributed by atoms with van der Waals surface area (Å²) < 4.78 is 22.5. The lowest BCUT2D eigenvalue weighted by atomic mass is 10.1. The second kappa shape index (κ2) is 8.90. The highest BCUT2D eigenvalue weighted by Gasteiger charge is 2.16. The number of Topliss-reactive ketones (excluding diaryl/α,β-unsaturated/α-hetero) is 1. The zero-order chi connectivity index (χ0) is 19.2. The molecule has 0 N–H and O–H groups in total. The number of carbonyl (C=O) groups excluding carboxylic acids is 2. The smallest absolute Gasteiger partial charge is 0.344 e. The Bertz CT molecular complexity index is 831. The summed E-state index contributed by atoms with van der Waals surface area (Å²) in [5.41, 5.74) is 1.39. The summed E-state index contributed by atoms with van der Waals surface area (Å²) in [5, 5.41) is 0. The molecule has 0 unspecified atom stereocenters. The van der Waals surface area contributed by atoms with Gasteiger partial charge < -0.3 is 18.9 Å². The third-order valence-corrected chi connectivity index (χ3v) is 4.69. The zero-order valence-electron chi connectivity index (χ0n) is 14.8. The number of hydrogen-bond acceptors (Lipinski definition) is 6.